The van der Waals surface area contributed by atoms with Crippen molar-refractivity contribution in [3.8, 4) is 0 Å². The normalized spacial score (nSPS) is 25.4. The molecule has 0 aliphatic heterocycles. The number of ether oxygens (including phenoxy) is 7. The van der Waals surface area contributed by atoms with Crippen LogP contribution in [0.15, 0.2) is 0 Å². The van der Waals surface area contributed by atoms with Gasteiger partial charge in [-0.25, -0.2) is 19.2 Å². The van der Waals surface area contributed by atoms with Gasteiger partial charge in [-0.3, -0.25) is 4.79 Å². The lowest BCUT2D eigenvalue weighted by Crippen LogP contribution is -2.58. The molecule has 0 heterocycles. The summed E-state index contributed by atoms with van der Waals surface area (Å²) in [7, 11) is 0. The molecule has 6 atom stereocenters. The van der Waals surface area contributed by atoms with Crippen LogP contribution in [-0.4, -0.2) is 66.3 Å². The second-order valence-electron chi connectivity index (χ2n) is 10.9. The predicted octanol–water partition coefficient (Wildman–Crippen LogP) is 3.81. The fraction of sp³-hybridized carbons (Fsp3) is 0.800. The Balaban J connectivity index is 2.15. The van der Waals surface area contributed by atoms with Crippen molar-refractivity contribution < 1.29 is 57.1 Å². The van der Waals surface area contributed by atoms with Gasteiger partial charge in [-0.05, 0) is 67.2 Å². The molecule has 0 aromatic carbocycles. The Morgan fingerprint density at radius 3 is 1.74 bits per heavy atom. The van der Waals surface area contributed by atoms with Gasteiger partial charge in [-0.2, -0.15) is 0 Å². The molecule has 38 heavy (non-hydrogen) atoms. The highest BCUT2D eigenvalue weighted by molar-refractivity contribution is 5.90. The zero-order chi connectivity index (χ0) is 29.0. The molecule has 0 radical (unpaired) electrons. The summed E-state index contributed by atoms with van der Waals surface area (Å²) in [6, 6.07) is 0. The second kappa shape index (κ2) is 12.1. The number of rotatable bonds is 9. The van der Waals surface area contributed by atoms with Crippen molar-refractivity contribution in [2.24, 2.45) is 17.8 Å². The third-order valence-electron chi connectivity index (χ3n) is 5.71. The summed E-state index contributed by atoms with van der Waals surface area (Å²) in [5.74, 6) is -3.37. The minimum atomic E-state index is -1.64. The predicted molar refractivity (Wildman–Crippen MR) is 128 cm³/mol. The average molecular weight is 546 g/mol. The van der Waals surface area contributed by atoms with Crippen LogP contribution in [0.3, 0.4) is 0 Å². The average Bonchev–Trinajstić information content (AvgIpc) is 3.32. The molecule has 0 aromatic heterocycles. The van der Waals surface area contributed by atoms with Gasteiger partial charge >= 0.3 is 30.3 Å². The molecule has 216 valence electrons. The van der Waals surface area contributed by atoms with Gasteiger partial charge in [0.05, 0.1) is 18.1 Å². The smallest absolute Gasteiger partial charge is 0.444 e. The first-order valence-electron chi connectivity index (χ1n) is 12.6. The van der Waals surface area contributed by atoms with E-state index in [1.54, 1.807) is 48.5 Å². The maximum Gasteiger partial charge on any atom is 0.511 e. The van der Waals surface area contributed by atoms with E-state index >= 15 is 0 Å². The molecule has 13 nitrogen and oxygen atoms in total. The third-order valence-corrected chi connectivity index (χ3v) is 5.71. The molecule has 0 spiro atoms. The number of carbonyl (C=O) groups is 5. The molecule has 2 unspecified atom stereocenters. The summed E-state index contributed by atoms with van der Waals surface area (Å²) >= 11 is 0. The van der Waals surface area contributed by atoms with E-state index < -0.39 is 78.1 Å². The molecule has 0 bridgehead atoms. The molecule has 1 amide bonds. The van der Waals surface area contributed by atoms with E-state index in [1.165, 1.54) is 13.8 Å². The number of alkyl carbamates (subject to hydrolysis) is 1. The van der Waals surface area contributed by atoms with Crippen molar-refractivity contribution in [3.63, 3.8) is 0 Å². The van der Waals surface area contributed by atoms with Crippen LogP contribution in [-0.2, 0) is 42.7 Å². The maximum absolute atomic E-state index is 13.4. The van der Waals surface area contributed by atoms with E-state index in [-0.39, 0.29) is 12.3 Å². The van der Waals surface area contributed by atoms with E-state index in [2.05, 4.69) is 5.32 Å². The van der Waals surface area contributed by atoms with Gasteiger partial charge < -0.3 is 38.5 Å². The number of amides is 1. The molecule has 2 aliphatic rings. The topological polar surface area (TPSA) is 162 Å². The van der Waals surface area contributed by atoms with Crippen molar-refractivity contribution >= 4 is 30.3 Å². The Bertz CT molecular complexity index is 911. The number of hydrogen-bond donors (Lipinski definition) is 1. The standard InChI is InChI=1S/C25H39NO12/c1-12(2)32-22(30)36-14(5)34-19(27)17-16-10-11-25(18(16)17,26-21(29)38-24(7,8)9)20(28)35-15(6)37-23(31)33-13(3)4/h12-18H,10-11H2,1-9H3,(H,26,29)/t14?,15?,16-,17-,18-,25-/m0/s1. The minimum absolute atomic E-state index is 0.153. The fourth-order valence-electron chi connectivity index (χ4n) is 4.47. The van der Waals surface area contributed by atoms with E-state index in [0.717, 1.165) is 0 Å². The van der Waals surface area contributed by atoms with Crippen LogP contribution < -0.4 is 5.32 Å². The highest BCUT2D eigenvalue weighted by Crippen LogP contribution is 2.63. The number of hydrogen-bond acceptors (Lipinski definition) is 12. The molecule has 2 fully saturated rings. The number of carbonyl (C=O) groups excluding carboxylic acids is 5. The van der Waals surface area contributed by atoms with Crippen molar-refractivity contribution in [3.05, 3.63) is 0 Å². The van der Waals surface area contributed by atoms with E-state index in [1.807, 2.05) is 0 Å². The van der Waals surface area contributed by atoms with Crippen molar-refractivity contribution in [2.45, 2.75) is 111 Å². The van der Waals surface area contributed by atoms with Gasteiger partial charge in [-0.15, -0.1) is 0 Å². The number of nitrogens with one attached hydrogen (secondary N) is 1. The molecule has 2 rings (SSSR count). The highest BCUT2D eigenvalue weighted by atomic mass is 16.8. The monoisotopic (exact) mass is 545 g/mol. The molecule has 2 saturated carbocycles. The highest BCUT2D eigenvalue weighted by Gasteiger charge is 2.73. The van der Waals surface area contributed by atoms with Crippen molar-refractivity contribution in [1.29, 1.82) is 0 Å². The van der Waals surface area contributed by atoms with Crippen LogP contribution >= 0.6 is 0 Å². The van der Waals surface area contributed by atoms with Gasteiger partial charge in [0.15, 0.2) is 0 Å². The zero-order valence-electron chi connectivity index (χ0n) is 23.4. The number of esters is 2. The Kier molecular flexibility index (Phi) is 9.84. The van der Waals surface area contributed by atoms with Gasteiger partial charge in [-0.1, -0.05) is 0 Å². The lowest BCUT2D eigenvalue weighted by molar-refractivity contribution is -0.178. The maximum atomic E-state index is 13.4. The van der Waals surface area contributed by atoms with E-state index in [9.17, 15) is 24.0 Å². The molecular weight excluding hydrogens is 506 g/mol. The first-order valence-corrected chi connectivity index (χ1v) is 12.6. The first-order chi connectivity index (χ1) is 17.4. The van der Waals surface area contributed by atoms with Crippen LogP contribution in [0.5, 0.6) is 0 Å². The Morgan fingerprint density at radius 2 is 1.26 bits per heavy atom. The van der Waals surface area contributed by atoms with Gasteiger partial charge in [0.2, 0.25) is 12.6 Å². The Labute approximate surface area is 222 Å². The minimum Gasteiger partial charge on any atom is -0.444 e. The largest absolute Gasteiger partial charge is 0.511 e. The quantitative estimate of drug-likeness (QED) is 0.254. The third kappa shape index (κ3) is 8.38. The second-order valence-corrected chi connectivity index (χ2v) is 10.9. The van der Waals surface area contributed by atoms with Crippen LogP contribution in [0, 0.1) is 17.8 Å². The fourth-order valence-corrected chi connectivity index (χ4v) is 4.47. The summed E-state index contributed by atoms with van der Waals surface area (Å²) in [4.78, 5) is 62.5. The van der Waals surface area contributed by atoms with Crippen LogP contribution in [0.25, 0.3) is 0 Å². The summed E-state index contributed by atoms with van der Waals surface area (Å²) in [5, 5.41) is 2.60. The van der Waals surface area contributed by atoms with Crippen molar-refractivity contribution in [1.82, 2.24) is 5.32 Å². The summed E-state index contributed by atoms with van der Waals surface area (Å²) < 4.78 is 35.6. The molecular formula is C25H39NO12. The first kappa shape index (κ1) is 31.0. The van der Waals surface area contributed by atoms with Gasteiger partial charge in [0.25, 0.3) is 0 Å². The molecule has 0 saturated heterocycles. The lowest BCUT2D eigenvalue weighted by Gasteiger charge is -2.33. The van der Waals surface area contributed by atoms with Crippen molar-refractivity contribution in [2.75, 3.05) is 0 Å². The number of fused-ring (bicyclic) bond motifs is 1. The molecule has 0 aromatic rings. The Morgan fingerprint density at radius 1 is 0.763 bits per heavy atom. The molecule has 1 N–H and O–H groups in total. The zero-order valence-corrected chi connectivity index (χ0v) is 23.4. The Hall–Kier alpha value is -3.25. The van der Waals surface area contributed by atoms with Crippen LogP contribution in [0.1, 0.15) is 75.2 Å². The summed E-state index contributed by atoms with van der Waals surface area (Å²) in [5.41, 5.74) is -2.50. The van der Waals surface area contributed by atoms with Gasteiger partial charge in [0, 0.05) is 19.8 Å². The summed E-state index contributed by atoms with van der Waals surface area (Å²) in [6.45, 7) is 14.2. The summed E-state index contributed by atoms with van der Waals surface area (Å²) in [6.07, 6.45) is -5.80. The molecule has 13 heteroatoms. The van der Waals surface area contributed by atoms with E-state index in [0.29, 0.717) is 6.42 Å². The van der Waals surface area contributed by atoms with Crippen LogP contribution in [0.4, 0.5) is 14.4 Å². The van der Waals surface area contributed by atoms with Gasteiger partial charge in [0.1, 0.15) is 11.1 Å². The van der Waals surface area contributed by atoms with Crippen LogP contribution in [0.2, 0.25) is 0 Å². The lowest BCUT2D eigenvalue weighted by atomic mass is 9.90. The van der Waals surface area contributed by atoms with E-state index in [4.69, 9.17) is 33.2 Å². The SMILES string of the molecule is CC(C)OC(=O)OC(C)OC(=O)[C@H]1[C@@H]2CC[C@@](NC(=O)OC(C)(C)C)(C(=O)OC(C)OC(=O)OC(C)C)[C@@H]21. The molecule has 2 aliphatic carbocycles.